The normalized spacial score (nSPS) is 12.6. The van der Waals surface area contributed by atoms with Crippen molar-refractivity contribution in [1.82, 2.24) is 20.6 Å². The highest BCUT2D eigenvalue weighted by Gasteiger charge is 2.24. The molecule has 3 N–H and O–H groups in total. The average Bonchev–Trinajstić information content (AvgIpc) is 3.26. The molecule has 0 aliphatic rings. The molecule has 0 unspecified atom stereocenters. The minimum Gasteiger partial charge on any atom is -0.445 e. The van der Waals surface area contributed by atoms with Crippen molar-refractivity contribution in [1.29, 1.82) is 0 Å². The van der Waals surface area contributed by atoms with Crippen LogP contribution in [0.25, 0.3) is 0 Å². The zero-order chi connectivity index (χ0) is 20.5. The lowest BCUT2D eigenvalue weighted by molar-refractivity contribution is -0.123. The van der Waals surface area contributed by atoms with Crippen LogP contribution in [0.15, 0.2) is 73.2 Å². The maximum Gasteiger partial charge on any atom is 0.408 e. The van der Waals surface area contributed by atoms with Crippen LogP contribution < -0.4 is 10.6 Å². The molecule has 3 aromatic rings. The van der Waals surface area contributed by atoms with Crippen LogP contribution in [0.1, 0.15) is 29.8 Å². The number of amides is 2. The van der Waals surface area contributed by atoms with E-state index >= 15 is 0 Å². The molecule has 2 amide bonds. The van der Waals surface area contributed by atoms with Crippen LogP contribution in [0.3, 0.4) is 0 Å². The molecule has 7 nitrogen and oxygen atoms in total. The van der Waals surface area contributed by atoms with Crippen molar-refractivity contribution in [3.8, 4) is 0 Å². The molecule has 3 rings (SSSR count). The summed E-state index contributed by atoms with van der Waals surface area (Å²) in [6.45, 7) is 2.03. The van der Waals surface area contributed by atoms with Gasteiger partial charge in [0, 0.05) is 18.3 Å². The summed E-state index contributed by atoms with van der Waals surface area (Å²) in [6, 6.07) is 18.0. The van der Waals surface area contributed by atoms with E-state index < -0.39 is 12.1 Å². The number of nitrogens with zero attached hydrogens (tertiary/aromatic N) is 1. The fraction of sp³-hybridized carbons (Fsp3) is 0.227. The number of H-pyrrole nitrogens is 1. The Morgan fingerprint density at radius 1 is 1.03 bits per heavy atom. The maximum absolute atomic E-state index is 12.8. The fourth-order valence-corrected chi connectivity index (χ4v) is 2.87. The van der Waals surface area contributed by atoms with Crippen molar-refractivity contribution >= 4 is 12.0 Å². The van der Waals surface area contributed by atoms with E-state index in [0.717, 1.165) is 16.8 Å². The number of hydrogen-bond acceptors (Lipinski definition) is 4. The van der Waals surface area contributed by atoms with Crippen LogP contribution in [0, 0.1) is 0 Å². The van der Waals surface area contributed by atoms with E-state index in [2.05, 4.69) is 20.6 Å². The van der Waals surface area contributed by atoms with Crippen molar-refractivity contribution in [3.63, 3.8) is 0 Å². The fourth-order valence-electron chi connectivity index (χ4n) is 2.87. The molecule has 2 aromatic carbocycles. The molecule has 0 fully saturated rings. The Bertz CT molecular complexity index is 898. The lowest BCUT2D eigenvalue weighted by Gasteiger charge is -2.21. The van der Waals surface area contributed by atoms with Crippen LogP contribution in [0.4, 0.5) is 4.79 Å². The molecular formula is C22H24N4O3. The minimum atomic E-state index is -0.801. The zero-order valence-electron chi connectivity index (χ0n) is 16.2. The van der Waals surface area contributed by atoms with E-state index in [9.17, 15) is 9.59 Å². The molecule has 0 saturated carbocycles. The quantitative estimate of drug-likeness (QED) is 0.549. The first-order valence-electron chi connectivity index (χ1n) is 9.41. The standard InChI is InChI=1S/C22H24N4O3/c1-16(18-10-6-3-7-11-18)25-21(27)20(12-19-13-23-15-24-19)26-22(28)29-14-17-8-4-2-5-9-17/h2-11,13,15-16,20H,12,14H2,1H3,(H,23,24)(H,25,27)(H,26,28)/t16-,20-/m0/s1. The van der Waals surface area contributed by atoms with E-state index in [1.54, 1.807) is 6.20 Å². The molecule has 0 radical (unpaired) electrons. The highest BCUT2D eigenvalue weighted by molar-refractivity contribution is 5.86. The number of alkyl carbamates (subject to hydrolysis) is 1. The Morgan fingerprint density at radius 2 is 1.72 bits per heavy atom. The molecule has 0 aliphatic heterocycles. The molecule has 2 atom stereocenters. The third-order valence-electron chi connectivity index (χ3n) is 4.46. The van der Waals surface area contributed by atoms with Crippen molar-refractivity contribution in [2.24, 2.45) is 0 Å². The van der Waals surface area contributed by atoms with E-state index in [-0.39, 0.29) is 25.0 Å². The van der Waals surface area contributed by atoms with E-state index in [0.29, 0.717) is 0 Å². The summed E-state index contributed by atoms with van der Waals surface area (Å²) < 4.78 is 5.26. The molecule has 0 saturated heterocycles. The van der Waals surface area contributed by atoms with Gasteiger partial charge in [-0.1, -0.05) is 60.7 Å². The van der Waals surface area contributed by atoms with E-state index in [1.807, 2.05) is 67.6 Å². The first-order valence-corrected chi connectivity index (χ1v) is 9.41. The predicted octanol–water partition coefficient (Wildman–Crippen LogP) is 3.12. The molecular weight excluding hydrogens is 368 g/mol. The molecule has 1 aromatic heterocycles. The number of carbonyl (C=O) groups is 2. The van der Waals surface area contributed by atoms with Gasteiger partial charge in [0.15, 0.2) is 0 Å². The van der Waals surface area contributed by atoms with Gasteiger partial charge in [-0.3, -0.25) is 4.79 Å². The summed E-state index contributed by atoms with van der Waals surface area (Å²) in [7, 11) is 0. The van der Waals surface area contributed by atoms with Gasteiger partial charge in [-0.05, 0) is 18.1 Å². The SMILES string of the molecule is C[C@H](NC(=O)[C@H](Cc1cnc[nH]1)NC(=O)OCc1ccccc1)c1ccccc1. The molecule has 7 heteroatoms. The lowest BCUT2D eigenvalue weighted by atomic mass is 10.1. The first-order chi connectivity index (χ1) is 14.1. The van der Waals surface area contributed by atoms with Gasteiger partial charge in [0.05, 0.1) is 12.4 Å². The number of aromatic amines is 1. The summed E-state index contributed by atoms with van der Waals surface area (Å²) in [5.74, 6) is -0.299. The van der Waals surface area contributed by atoms with Crippen LogP contribution in [0.5, 0.6) is 0 Å². The highest BCUT2D eigenvalue weighted by Crippen LogP contribution is 2.12. The lowest BCUT2D eigenvalue weighted by Crippen LogP contribution is -2.48. The molecule has 0 spiro atoms. The third-order valence-corrected chi connectivity index (χ3v) is 4.46. The van der Waals surface area contributed by atoms with Gasteiger partial charge in [-0.25, -0.2) is 9.78 Å². The monoisotopic (exact) mass is 392 g/mol. The smallest absolute Gasteiger partial charge is 0.408 e. The van der Waals surface area contributed by atoms with Crippen molar-refractivity contribution in [2.45, 2.75) is 32.0 Å². The number of aromatic nitrogens is 2. The van der Waals surface area contributed by atoms with Gasteiger partial charge in [0.1, 0.15) is 12.6 Å². The summed E-state index contributed by atoms with van der Waals surface area (Å²) in [6.07, 6.45) is 2.77. The number of ether oxygens (including phenoxy) is 1. The number of nitrogens with one attached hydrogen (secondary N) is 3. The summed E-state index contributed by atoms with van der Waals surface area (Å²) in [4.78, 5) is 32.0. The number of hydrogen-bond donors (Lipinski definition) is 3. The molecule has 29 heavy (non-hydrogen) atoms. The van der Waals surface area contributed by atoms with Crippen LogP contribution >= 0.6 is 0 Å². The second-order valence-corrected chi connectivity index (χ2v) is 6.68. The number of imidazole rings is 1. The van der Waals surface area contributed by atoms with Gasteiger partial charge >= 0.3 is 6.09 Å². The van der Waals surface area contributed by atoms with Gasteiger partial charge in [-0.15, -0.1) is 0 Å². The van der Waals surface area contributed by atoms with Gasteiger partial charge in [0.2, 0.25) is 5.91 Å². The van der Waals surface area contributed by atoms with Gasteiger partial charge in [-0.2, -0.15) is 0 Å². The molecule has 150 valence electrons. The summed E-state index contributed by atoms with van der Waals surface area (Å²) in [5, 5.41) is 5.61. The van der Waals surface area contributed by atoms with E-state index in [1.165, 1.54) is 6.33 Å². The topological polar surface area (TPSA) is 96.1 Å². The first kappa shape index (κ1) is 20.1. The number of benzene rings is 2. The van der Waals surface area contributed by atoms with Gasteiger partial charge < -0.3 is 20.4 Å². The third kappa shape index (κ3) is 6.21. The van der Waals surface area contributed by atoms with Crippen LogP contribution in [-0.2, 0) is 22.6 Å². The van der Waals surface area contributed by atoms with E-state index in [4.69, 9.17) is 4.74 Å². The Balaban J connectivity index is 1.62. The predicted molar refractivity (Wildman–Crippen MR) is 109 cm³/mol. The Labute approximate surface area is 169 Å². The minimum absolute atomic E-state index is 0.130. The molecule has 0 aliphatic carbocycles. The Kier molecular flexibility index (Phi) is 7.00. The largest absolute Gasteiger partial charge is 0.445 e. The Morgan fingerprint density at radius 3 is 2.38 bits per heavy atom. The second kappa shape index (κ2) is 10.1. The molecule has 0 bridgehead atoms. The van der Waals surface area contributed by atoms with Gasteiger partial charge in [0.25, 0.3) is 0 Å². The Hall–Kier alpha value is -3.61. The second-order valence-electron chi connectivity index (χ2n) is 6.68. The number of carbonyl (C=O) groups excluding carboxylic acids is 2. The number of rotatable bonds is 8. The van der Waals surface area contributed by atoms with Crippen molar-refractivity contribution in [3.05, 3.63) is 90.0 Å². The van der Waals surface area contributed by atoms with Crippen molar-refractivity contribution < 1.29 is 14.3 Å². The maximum atomic E-state index is 12.8. The summed E-state index contributed by atoms with van der Waals surface area (Å²) >= 11 is 0. The van der Waals surface area contributed by atoms with Crippen LogP contribution in [-0.4, -0.2) is 28.0 Å². The van der Waals surface area contributed by atoms with Crippen LogP contribution in [0.2, 0.25) is 0 Å². The average molecular weight is 392 g/mol. The molecule has 1 heterocycles. The van der Waals surface area contributed by atoms with Crippen molar-refractivity contribution in [2.75, 3.05) is 0 Å². The zero-order valence-corrected chi connectivity index (χ0v) is 16.2. The highest BCUT2D eigenvalue weighted by atomic mass is 16.5. The summed E-state index contributed by atoms with van der Waals surface area (Å²) in [5.41, 5.74) is 2.59.